The van der Waals surface area contributed by atoms with E-state index < -0.39 is 6.10 Å². The molecule has 13 heavy (non-hydrogen) atoms. The fraction of sp³-hybridized carbons (Fsp3) is 0.556. The van der Waals surface area contributed by atoms with E-state index in [9.17, 15) is 9.90 Å². The van der Waals surface area contributed by atoms with Gasteiger partial charge in [-0.2, -0.15) is 5.10 Å². The molecule has 1 heterocycles. The first kappa shape index (κ1) is 8.44. The van der Waals surface area contributed by atoms with E-state index in [4.69, 9.17) is 0 Å². The molecule has 1 aliphatic rings. The van der Waals surface area contributed by atoms with Crippen molar-refractivity contribution in [2.75, 3.05) is 0 Å². The van der Waals surface area contributed by atoms with Gasteiger partial charge in [0.15, 0.2) is 5.78 Å². The van der Waals surface area contributed by atoms with E-state index in [1.165, 1.54) is 0 Å². The van der Waals surface area contributed by atoms with Crippen LogP contribution in [0.4, 0.5) is 0 Å². The second-order valence-corrected chi connectivity index (χ2v) is 3.48. The molecule has 1 N–H and O–H groups in total. The molecule has 0 saturated carbocycles. The molecule has 1 aliphatic carbocycles. The minimum absolute atomic E-state index is 0.0969. The van der Waals surface area contributed by atoms with Gasteiger partial charge in [-0.25, -0.2) is 0 Å². The zero-order valence-corrected chi connectivity index (χ0v) is 7.53. The lowest BCUT2D eigenvalue weighted by molar-refractivity contribution is 0.0955. The van der Waals surface area contributed by atoms with Crippen LogP contribution in [0, 0.1) is 0 Å². The lowest BCUT2D eigenvalue weighted by Gasteiger charge is -2.02. The molecule has 70 valence electrons. The Kier molecular flexibility index (Phi) is 1.92. The normalized spacial score (nSPS) is 22.6. The molecular formula is C9H12N2O2. The van der Waals surface area contributed by atoms with Crippen molar-refractivity contribution in [3.8, 4) is 0 Å². The van der Waals surface area contributed by atoms with Crippen LogP contribution < -0.4 is 0 Å². The fourth-order valence-electron chi connectivity index (χ4n) is 1.68. The van der Waals surface area contributed by atoms with Gasteiger partial charge in [-0.1, -0.05) is 0 Å². The van der Waals surface area contributed by atoms with Crippen LogP contribution in [0.25, 0.3) is 0 Å². The molecular weight excluding hydrogens is 168 g/mol. The number of aliphatic hydroxyl groups excluding tert-OH is 1. The monoisotopic (exact) mass is 180 g/mol. The smallest absolute Gasteiger partial charge is 0.166 e. The summed E-state index contributed by atoms with van der Waals surface area (Å²) in [5.41, 5.74) is 1.41. The summed E-state index contributed by atoms with van der Waals surface area (Å²) in [6.45, 7) is 0. The average Bonchev–Trinajstić information content (AvgIpc) is 2.37. The molecule has 0 spiro atoms. The van der Waals surface area contributed by atoms with Crippen LogP contribution >= 0.6 is 0 Å². The summed E-state index contributed by atoms with van der Waals surface area (Å²) < 4.78 is 1.63. The van der Waals surface area contributed by atoms with Crippen molar-refractivity contribution in [3.05, 3.63) is 17.5 Å². The number of aromatic nitrogens is 2. The molecule has 4 nitrogen and oxygen atoms in total. The van der Waals surface area contributed by atoms with E-state index in [0.29, 0.717) is 24.8 Å². The number of fused-ring (bicyclic) bond motifs is 1. The SMILES string of the molecule is Cn1cc2c(n1)CC(O)CCC2=O. The highest BCUT2D eigenvalue weighted by Gasteiger charge is 2.22. The van der Waals surface area contributed by atoms with Gasteiger partial charge < -0.3 is 5.11 Å². The number of ketones is 1. The maximum atomic E-state index is 11.5. The topological polar surface area (TPSA) is 55.1 Å². The molecule has 0 aliphatic heterocycles. The third-order valence-electron chi connectivity index (χ3n) is 2.34. The van der Waals surface area contributed by atoms with Gasteiger partial charge in [-0.3, -0.25) is 9.48 Å². The Balaban J connectivity index is 2.42. The van der Waals surface area contributed by atoms with Gasteiger partial charge in [0, 0.05) is 26.1 Å². The molecule has 1 atom stereocenters. The van der Waals surface area contributed by atoms with Crippen molar-refractivity contribution < 1.29 is 9.90 Å². The standard InChI is InChI=1S/C9H12N2O2/c1-11-5-7-8(10-11)4-6(12)2-3-9(7)13/h5-6,12H,2-4H2,1H3. The molecule has 0 radical (unpaired) electrons. The van der Waals surface area contributed by atoms with Gasteiger partial charge >= 0.3 is 0 Å². The first-order valence-electron chi connectivity index (χ1n) is 4.40. The number of rotatable bonds is 0. The number of carbonyl (C=O) groups is 1. The van der Waals surface area contributed by atoms with Crippen molar-refractivity contribution in [1.82, 2.24) is 9.78 Å². The van der Waals surface area contributed by atoms with Gasteiger partial charge in [0.2, 0.25) is 0 Å². The van der Waals surface area contributed by atoms with E-state index in [1.807, 2.05) is 0 Å². The van der Waals surface area contributed by atoms with Gasteiger partial charge in [-0.15, -0.1) is 0 Å². The molecule has 2 rings (SSSR count). The summed E-state index contributed by atoms with van der Waals surface area (Å²) in [6.07, 6.45) is 2.80. The van der Waals surface area contributed by atoms with Crippen LogP contribution in [0.15, 0.2) is 6.20 Å². The van der Waals surface area contributed by atoms with Gasteiger partial charge in [0.1, 0.15) is 0 Å². The van der Waals surface area contributed by atoms with Crippen LogP contribution in [-0.4, -0.2) is 26.8 Å². The Morgan fingerprint density at radius 2 is 2.46 bits per heavy atom. The van der Waals surface area contributed by atoms with Gasteiger partial charge in [0.05, 0.1) is 17.4 Å². The Morgan fingerprint density at radius 1 is 1.69 bits per heavy atom. The van der Waals surface area contributed by atoms with E-state index >= 15 is 0 Å². The predicted molar refractivity (Wildman–Crippen MR) is 46.5 cm³/mol. The Hall–Kier alpha value is -1.16. The van der Waals surface area contributed by atoms with Crippen molar-refractivity contribution in [2.45, 2.75) is 25.4 Å². The second-order valence-electron chi connectivity index (χ2n) is 3.48. The molecule has 1 aromatic rings. The largest absolute Gasteiger partial charge is 0.393 e. The first-order chi connectivity index (χ1) is 6.16. The minimum atomic E-state index is -0.417. The molecule has 4 heteroatoms. The van der Waals surface area contributed by atoms with Crippen LogP contribution in [0.1, 0.15) is 28.9 Å². The highest BCUT2D eigenvalue weighted by atomic mass is 16.3. The van der Waals surface area contributed by atoms with E-state index in [0.717, 1.165) is 5.69 Å². The van der Waals surface area contributed by atoms with Crippen LogP contribution in [-0.2, 0) is 13.5 Å². The first-order valence-corrected chi connectivity index (χ1v) is 4.40. The number of nitrogens with zero attached hydrogens (tertiary/aromatic N) is 2. The molecule has 0 aromatic carbocycles. The Bertz CT molecular complexity index is 343. The number of aryl methyl sites for hydroxylation is 1. The zero-order chi connectivity index (χ0) is 9.42. The predicted octanol–water partition coefficient (Wildman–Crippen LogP) is 0.300. The summed E-state index contributed by atoms with van der Waals surface area (Å²) >= 11 is 0. The van der Waals surface area contributed by atoms with Crippen molar-refractivity contribution in [1.29, 1.82) is 0 Å². The maximum absolute atomic E-state index is 11.5. The lowest BCUT2D eigenvalue weighted by Crippen LogP contribution is -2.09. The van der Waals surface area contributed by atoms with Crippen LogP contribution in [0.5, 0.6) is 0 Å². The molecule has 1 aromatic heterocycles. The summed E-state index contributed by atoms with van der Waals surface area (Å²) in [7, 11) is 1.79. The van der Waals surface area contributed by atoms with Crippen LogP contribution in [0.2, 0.25) is 0 Å². The number of hydrogen-bond donors (Lipinski definition) is 1. The van der Waals surface area contributed by atoms with Gasteiger partial charge in [0.25, 0.3) is 0 Å². The number of Topliss-reactive ketones (excluding diaryl/α,β-unsaturated/α-hetero) is 1. The summed E-state index contributed by atoms with van der Waals surface area (Å²) in [4.78, 5) is 11.5. The molecule has 0 amide bonds. The third kappa shape index (κ3) is 1.49. The zero-order valence-electron chi connectivity index (χ0n) is 7.53. The number of aliphatic hydroxyl groups is 1. The highest BCUT2D eigenvalue weighted by Crippen LogP contribution is 2.19. The summed E-state index contributed by atoms with van der Waals surface area (Å²) in [5, 5.41) is 13.6. The number of carbonyl (C=O) groups excluding carboxylic acids is 1. The molecule has 0 saturated heterocycles. The summed E-state index contributed by atoms with van der Waals surface area (Å²) in [5.74, 6) is 0.0969. The van der Waals surface area contributed by atoms with E-state index in [2.05, 4.69) is 5.10 Å². The Labute approximate surface area is 76.2 Å². The Morgan fingerprint density at radius 3 is 3.23 bits per heavy atom. The fourth-order valence-corrected chi connectivity index (χ4v) is 1.68. The maximum Gasteiger partial charge on any atom is 0.166 e. The van der Waals surface area contributed by atoms with E-state index in [-0.39, 0.29) is 5.78 Å². The third-order valence-corrected chi connectivity index (χ3v) is 2.34. The van der Waals surface area contributed by atoms with Crippen molar-refractivity contribution in [2.24, 2.45) is 7.05 Å². The van der Waals surface area contributed by atoms with E-state index in [1.54, 1.807) is 17.9 Å². The average molecular weight is 180 g/mol. The molecule has 1 unspecified atom stereocenters. The van der Waals surface area contributed by atoms with Crippen molar-refractivity contribution >= 4 is 5.78 Å². The number of hydrogen-bond acceptors (Lipinski definition) is 3. The molecule has 0 bridgehead atoms. The molecule has 0 fully saturated rings. The summed E-state index contributed by atoms with van der Waals surface area (Å²) in [6, 6.07) is 0. The van der Waals surface area contributed by atoms with Crippen molar-refractivity contribution in [3.63, 3.8) is 0 Å². The highest BCUT2D eigenvalue weighted by molar-refractivity contribution is 5.97. The second kappa shape index (κ2) is 2.96. The van der Waals surface area contributed by atoms with Gasteiger partial charge in [-0.05, 0) is 6.42 Å². The van der Waals surface area contributed by atoms with Crippen LogP contribution in [0.3, 0.4) is 0 Å². The quantitative estimate of drug-likeness (QED) is 0.584. The minimum Gasteiger partial charge on any atom is -0.393 e. The lowest BCUT2D eigenvalue weighted by atomic mass is 10.1.